The molecule has 4 heterocycles. The molecule has 4 aliphatic heterocycles. The average molecular weight is 1540 g/mol. The summed E-state index contributed by atoms with van der Waals surface area (Å²) in [6, 6.07) is 24.2. The third kappa shape index (κ3) is 52.1. The van der Waals surface area contributed by atoms with Crippen LogP contribution < -0.4 is 0 Å². The lowest BCUT2D eigenvalue weighted by molar-refractivity contribution is -0.187. The lowest BCUT2D eigenvalue weighted by Gasteiger charge is -2.24. The van der Waals surface area contributed by atoms with Crippen molar-refractivity contribution in [2.24, 2.45) is 59.2 Å². The van der Waals surface area contributed by atoms with E-state index >= 15 is 0 Å². The highest BCUT2D eigenvalue weighted by Crippen LogP contribution is 2.28. The van der Waals surface area contributed by atoms with Crippen molar-refractivity contribution >= 4 is 0 Å². The molecule has 0 spiro atoms. The predicted molar refractivity (Wildman–Crippen MR) is 455 cm³/mol. The fourth-order valence-corrected chi connectivity index (χ4v) is 11.7. The van der Waals surface area contributed by atoms with Crippen LogP contribution in [0.25, 0.3) is 0 Å². The second kappa shape index (κ2) is 58.5. The molecule has 0 aromatic heterocycles. The van der Waals surface area contributed by atoms with Crippen molar-refractivity contribution in [2.75, 3.05) is 39.6 Å². The quantitative estimate of drug-likeness (QED) is 0.114. The summed E-state index contributed by atoms with van der Waals surface area (Å²) in [4.78, 5) is 0. The van der Waals surface area contributed by atoms with Crippen LogP contribution in [0.4, 0.5) is 26.3 Å². The molecule has 6 nitrogen and oxygen atoms in total. The standard InChI is InChI=1S/2C8H8F2.2C8H9F.C8H16.3C8H14.C8H10.2C7H14O.2C6H12O2/c2*1-5-3-7(9)6(2)8(10)4-5;2*1-6-3-4-7(2)8(9)5-6;5*1-7-3-5-8(2)6-4-7;2*1-6-3-4-7(2)8-5-6;2*1-5-3-7-6(2)8-4-5/h2*3-4H,1-2H3;2*3-5H,1-2H3;7-8H,3-6H2,1-2H3;2*3,8H,4-6H2,1-2H3;3,5,7-8H,4,6H2,1-2H3;3-6H,1-2H3;2*6-7H,3-5H2,1-2H3;2*5-6H,3-4H2,1-2H3. The van der Waals surface area contributed by atoms with Gasteiger partial charge in [0.25, 0.3) is 0 Å². The Hall–Kier alpha value is -5.34. The molecule has 4 aliphatic carbocycles. The molecular formula is C98H154F6O6. The number of hydrogen-bond acceptors (Lipinski definition) is 6. The van der Waals surface area contributed by atoms with E-state index < -0.39 is 23.3 Å². The van der Waals surface area contributed by atoms with E-state index in [0.717, 1.165) is 98.1 Å². The topological polar surface area (TPSA) is 55.4 Å². The van der Waals surface area contributed by atoms with E-state index in [-0.39, 0.29) is 35.3 Å². The van der Waals surface area contributed by atoms with E-state index in [2.05, 4.69) is 159 Å². The Morgan fingerprint density at radius 2 is 0.518 bits per heavy atom. The van der Waals surface area contributed by atoms with Crippen molar-refractivity contribution in [3.8, 4) is 0 Å². The van der Waals surface area contributed by atoms with Crippen LogP contribution in [-0.4, -0.2) is 64.4 Å². The summed E-state index contributed by atoms with van der Waals surface area (Å²) in [6.45, 7) is 58.2. The van der Waals surface area contributed by atoms with Crippen molar-refractivity contribution in [1.29, 1.82) is 0 Å². The fraction of sp³-hybridized carbons (Fsp3) is 0.633. The normalized spacial score (nSPS) is 25.6. The highest BCUT2D eigenvalue weighted by Gasteiger charge is 2.18. The first-order valence-corrected chi connectivity index (χ1v) is 41.7. The van der Waals surface area contributed by atoms with Crippen LogP contribution in [0.3, 0.4) is 0 Å². The zero-order valence-corrected chi connectivity index (χ0v) is 73.7. The smallest absolute Gasteiger partial charge is 0.154 e. The molecule has 0 N–H and O–H groups in total. The number of aryl methyl sites for hydroxylation is 8. The SMILES string of the molecule is CC1=CCC(C)CC1.CC1=CCC(C)CC1.CC1C=CC(C)CC1.CC1CCC(C)CC1.CC1CCC(C)OC1.CC1CCC(C)OC1.CC1COC(C)OC1.CC1COC(C)OC1.Cc1cc(F)c(C)c(F)c1.Cc1cc(F)c(C)c(F)c1.Cc1ccc(C)c(F)c1.Cc1ccc(C)c(F)c1.Cc1ccc(C)cc1. The third-order valence-electron chi connectivity index (χ3n) is 20.6. The molecule has 8 unspecified atom stereocenters. The van der Waals surface area contributed by atoms with E-state index in [1.807, 2.05) is 39.8 Å². The van der Waals surface area contributed by atoms with Gasteiger partial charge in [0.2, 0.25) is 0 Å². The average Bonchev–Trinajstić information content (AvgIpc) is 0.884. The molecule has 12 heteroatoms. The third-order valence-corrected chi connectivity index (χ3v) is 20.6. The molecule has 4 saturated heterocycles. The molecule has 624 valence electrons. The molecule has 8 aliphatic rings. The summed E-state index contributed by atoms with van der Waals surface area (Å²) >= 11 is 0. The maximum Gasteiger partial charge on any atom is 0.154 e. The molecule has 8 atom stereocenters. The molecular weight excluding hydrogens is 1390 g/mol. The van der Waals surface area contributed by atoms with E-state index in [1.165, 1.54) is 164 Å². The lowest BCUT2D eigenvalue weighted by Crippen LogP contribution is -2.27. The Morgan fingerprint density at radius 3 is 0.727 bits per heavy atom. The Balaban J connectivity index is 0.000000596. The lowest BCUT2D eigenvalue weighted by atomic mass is 9.84. The minimum absolute atomic E-state index is 0.0196. The molecule has 5 fully saturated rings. The van der Waals surface area contributed by atoms with E-state index in [0.29, 0.717) is 46.3 Å². The number of allylic oxidation sites excluding steroid dienone is 6. The second-order valence-corrected chi connectivity index (χ2v) is 33.8. The number of rotatable bonds is 0. The number of benzene rings is 5. The Bertz CT molecular complexity index is 2910. The highest BCUT2D eigenvalue weighted by atomic mass is 19.2. The van der Waals surface area contributed by atoms with Crippen LogP contribution in [0.5, 0.6) is 0 Å². The van der Waals surface area contributed by atoms with Crippen LogP contribution in [0.15, 0.2) is 120 Å². The monoisotopic (exact) mass is 1540 g/mol. The van der Waals surface area contributed by atoms with E-state index in [4.69, 9.17) is 28.4 Å². The van der Waals surface area contributed by atoms with Gasteiger partial charge in [-0.1, -0.05) is 190 Å². The molecule has 0 radical (unpaired) electrons. The van der Waals surface area contributed by atoms with E-state index in [9.17, 15) is 26.3 Å². The minimum atomic E-state index is -0.475. The van der Waals surface area contributed by atoms with Crippen LogP contribution >= 0.6 is 0 Å². The molecule has 13 rings (SSSR count). The van der Waals surface area contributed by atoms with Gasteiger partial charge in [-0.2, -0.15) is 0 Å². The summed E-state index contributed by atoms with van der Waals surface area (Å²) in [5, 5.41) is 0. The van der Waals surface area contributed by atoms with Crippen molar-refractivity contribution in [2.45, 2.75) is 308 Å². The van der Waals surface area contributed by atoms with Gasteiger partial charge in [-0.15, -0.1) is 0 Å². The van der Waals surface area contributed by atoms with Crippen LogP contribution in [0.2, 0.25) is 0 Å². The van der Waals surface area contributed by atoms with Gasteiger partial charge >= 0.3 is 0 Å². The summed E-state index contributed by atoms with van der Waals surface area (Å²) < 4.78 is 107. The van der Waals surface area contributed by atoms with Gasteiger partial charge in [0.15, 0.2) is 12.6 Å². The summed E-state index contributed by atoms with van der Waals surface area (Å²) in [6.07, 6.45) is 32.4. The van der Waals surface area contributed by atoms with Crippen molar-refractivity contribution < 1.29 is 54.8 Å². The number of hydrogen-bond donors (Lipinski definition) is 0. The zero-order chi connectivity index (χ0) is 83.0. The Kier molecular flexibility index (Phi) is 54.6. The molecule has 110 heavy (non-hydrogen) atoms. The molecule has 0 bridgehead atoms. The Morgan fingerprint density at radius 1 is 0.255 bits per heavy atom. The van der Waals surface area contributed by atoms with E-state index in [1.54, 1.807) is 51.0 Å². The first-order valence-electron chi connectivity index (χ1n) is 41.7. The van der Waals surface area contributed by atoms with Crippen molar-refractivity contribution in [3.63, 3.8) is 0 Å². The van der Waals surface area contributed by atoms with Crippen LogP contribution in [0.1, 0.15) is 269 Å². The number of halogens is 6. The second-order valence-electron chi connectivity index (χ2n) is 33.8. The highest BCUT2D eigenvalue weighted by molar-refractivity contribution is 5.26. The molecule has 0 amide bonds. The van der Waals surface area contributed by atoms with Crippen molar-refractivity contribution in [3.05, 3.63) is 211 Å². The largest absolute Gasteiger partial charge is 0.378 e. The molecule has 5 aromatic carbocycles. The first-order chi connectivity index (χ1) is 51.7. The summed E-state index contributed by atoms with van der Waals surface area (Å²) in [5.74, 6) is 6.22. The molecule has 5 aromatic rings. The van der Waals surface area contributed by atoms with Gasteiger partial charge in [-0.25, -0.2) is 26.3 Å². The van der Waals surface area contributed by atoms with Gasteiger partial charge < -0.3 is 28.4 Å². The van der Waals surface area contributed by atoms with Gasteiger partial charge in [0.1, 0.15) is 34.9 Å². The summed E-state index contributed by atoms with van der Waals surface area (Å²) in [7, 11) is 0. The van der Waals surface area contributed by atoms with Gasteiger partial charge in [-0.05, 0) is 305 Å². The van der Waals surface area contributed by atoms with Gasteiger partial charge in [-0.3, -0.25) is 0 Å². The Labute approximate surface area is 668 Å². The first kappa shape index (κ1) is 103. The van der Waals surface area contributed by atoms with Gasteiger partial charge in [0, 0.05) is 36.2 Å². The van der Waals surface area contributed by atoms with Gasteiger partial charge in [0.05, 0.1) is 38.6 Å². The predicted octanol–water partition coefficient (Wildman–Crippen LogP) is 29.0. The number of ether oxygens (including phenoxy) is 6. The summed E-state index contributed by atoms with van der Waals surface area (Å²) in [5.41, 5.74) is 10.6. The van der Waals surface area contributed by atoms with Crippen molar-refractivity contribution in [1.82, 2.24) is 0 Å². The van der Waals surface area contributed by atoms with Crippen LogP contribution in [-0.2, 0) is 28.4 Å². The zero-order valence-electron chi connectivity index (χ0n) is 73.7. The maximum absolute atomic E-state index is 12.6. The fourth-order valence-electron chi connectivity index (χ4n) is 11.7. The minimum Gasteiger partial charge on any atom is -0.378 e. The molecule has 1 saturated carbocycles. The maximum atomic E-state index is 12.6. The van der Waals surface area contributed by atoms with Crippen LogP contribution in [0, 0.1) is 163 Å².